The van der Waals surface area contributed by atoms with E-state index in [0.717, 1.165) is 25.1 Å². The number of hydrogen-bond acceptors (Lipinski definition) is 3. The van der Waals surface area contributed by atoms with Gasteiger partial charge in [0.2, 0.25) is 5.91 Å². The first-order chi connectivity index (χ1) is 13.7. The highest BCUT2D eigenvalue weighted by Gasteiger charge is 2.38. The molecular weight excluding hydrogens is 350 g/mol. The van der Waals surface area contributed by atoms with E-state index < -0.39 is 0 Å². The van der Waals surface area contributed by atoms with Crippen molar-refractivity contribution >= 4 is 17.5 Å². The lowest BCUT2D eigenvalue weighted by Gasteiger charge is -2.48. The molecule has 5 nitrogen and oxygen atoms in total. The van der Waals surface area contributed by atoms with E-state index in [0.29, 0.717) is 5.56 Å². The van der Waals surface area contributed by atoms with Crippen LogP contribution in [-0.2, 0) is 4.79 Å². The molecule has 0 atom stereocenters. The molecule has 0 spiro atoms. The number of nitrogens with one attached hydrogen (secondary N) is 2. The van der Waals surface area contributed by atoms with E-state index in [-0.39, 0.29) is 23.3 Å². The van der Waals surface area contributed by atoms with E-state index in [2.05, 4.69) is 15.5 Å². The third kappa shape index (κ3) is 4.57. The van der Waals surface area contributed by atoms with Gasteiger partial charge in [0.1, 0.15) is 0 Å². The van der Waals surface area contributed by atoms with Crippen molar-refractivity contribution in [3.63, 3.8) is 0 Å². The van der Waals surface area contributed by atoms with Crippen LogP contribution in [0.3, 0.4) is 0 Å². The van der Waals surface area contributed by atoms with Crippen LogP contribution >= 0.6 is 0 Å². The number of anilines is 1. The maximum atomic E-state index is 12.7. The molecule has 1 aromatic carbocycles. The zero-order chi connectivity index (χ0) is 19.4. The average molecular weight is 384 g/mol. The summed E-state index contributed by atoms with van der Waals surface area (Å²) in [6.45, 7) is 3.09. The maximum absolute atomic E-state index is 12.7. The second-order valence-electron chi connectivity index (χ2n) is 8.86. The molecule has 1 saturated heterocycles. The molecule has 0 bridgehead atoms. The van der Waals surface area contributed by atoms with Crippen molar-refractivity contribution in [1.29, 1.82) is 0 Å². The van der Waals surface area contributed by atoms with Crippen LogP contribution in [0.15, 0.2) is 24.3 Å². The van der Waals surface area contributed by atoms with Crippen molar-refractivity contribution in [2.75, 3.05) is 25.0 Å². The standard InChI is InChI=1S/C23H33N3O2/c27-21(18-9-11-20(12-10-18)25-22(28)19-7-8-19)24-17-23(13-3-1-4-14-23)26-15-5-2-6-16-26/h9-12,19H,1-8,13-17H2,(H,24,27)(H,25,28). The van der Waals surface area contributed by atoms with E-state index in [4.69, 9.17) is 0 Å². The third-order valence-electron chi connectivity index (χ3n) is 6.75. The van der Waals surface area contributed by atoms with E-state index in [1.165, 1.54) is 64.5 Å². The minimum Gasteiger partial charge on any atom is -0.350 e. The van der Waals surface area contributed by atoms with Crippen molar-refractivity contribution in [3.05, 3.63) is 29.8 Å². The summed E-state index contributed by atoms with van der Waals surface area (Å²) in [6.07, 6.45) is 12.1. The monoisotopic (exact) mass is 383 g/mol. The van der Waals surface area contributed by atoms with Crippen molar-refractivity contribution in [1.82, 2.24) is 10.2 Å². The lowest BCUT2D eigenvalue weighted by Crippen LogP contribution is -2.58. The van der Waals surface area contributed by atoms with Crippen LogP contribution in [0.2, 0.25) is 0 Å². The number of amides is 2. The van der Waals surface area contributed by atoms with Crippen LogP contribution in [0.5, 0.6) is 0 Å². The highest BCUT2D eigenvalue weighted by molar-refractivity contribution is 5.96. The van der Waals surface area contributed by atoms with Gasteiger partial charge in [-0.05, 0) is 75.9 Å². The molecule has 2 aliphatic carbocycles. The summed E-state index contributed by atoms with van der Waals surface area (Å²) in [5.41, 5.74) is 1.58. The van der Waals surface area contributed by atoms with Crippen molar-refractivity contribution < 1.29 is 9.59 Å². The Balaban J connectivity index is 1.35. The molecule has 3 aliphatic rings. The summed E-state index contributed by atoms with van der Waals surface area (Å²) >= 11 is 0. The predicted molar refractivity (Wildman–Crippen MR) is 111 cm³/mol. The first-order valence-electron chi connectivity index (χ1n) is 11.1. The summed E-state index contributed by atoms with van der Waals surface area (Å²) in [6, 6.07) is 7.28. The SMILES string of the molecule is O=C(NCC1(N2CCCCC2)CCCCC1)c1ccc(NC(=O)C2CC2)cc1. The van der Waals surface area contributed by atoms with Crippen molar-refractivity contribution in [2.24, 2.45) is 5.92 Å². The number of carbonyl (C=O) groups is 2. The summed E-state index contributed by atoms with van der Waals surface area (Å²) < 4.78 is 0. The molecule has 5 heteroatoms. The van der Waals surface area contributed by atoms with Crippen LogP contribution in [0.4, 0.5) is 5.69 Å². The topological polar surface area (TPSA) is 61.4 Å². The Morgan fingerprint density at radius 1 is 0.929 bits per heavy atom. The van der Waals surface area contributed by atoms with Gasteiger partial charge in [-0.1, -0.05) is 25.7 Å². The van der Waals surface area contributed by atoms with Gasteiger partial charge in [0, 0.05) is 29.3 Å². The largest absolute Gasteiger partial charge is 0.350 e. The van der Waals surface area contributed by atoms with E-state index in [1.807, 2.05) is 24.3 Å². The molecule has 152 valence electrons. The third-order valence-corrected chi connectivity index (χ3v) is 6.75. The summed E-state index contributed by atoms with van der Waals surface area (Å²) in [5, 5.41) is 6.15. The van der Waals surface area contributed by atoms with E-state index in [1.54, 1.807) is 0 Å². The Morgan fingerprint density at radius 2 is 1.57 bits per heavy atom. The number of rotatable bonds is 6. The zero-order valence-electron chi connectivity index (χ0n) is 16.8. The van der Waals surface area contributed by atoms with Crippen LogP contribution in [0, 0.1) is 5.92 Å². The zero-order valence-corrected chi connectivity index (χ0v) is 16.8. The van der Waals surface area contributed by atoms with Crippen LogP contribution in [0.25, 0.3) is 0 Å². The molecule has 1 heterocycles. The number of benzene rings is 1. The highest BCUT2D eigenvalue weighted by atomic mass is 16.2. The second kappa shape index (κ2) is 8.64. The van der Waals surface area contributed by atoms with Gasteiger partial charge in [-0.15, -0.1) is 0 Å². The summed E-state index contributed by atoms with van der Waals surface area (Å²) in [7, 11) is 0. The molecule has 2 N–H and O–H groups in total. The van der Waals surface area contributed by atoms with Gasteiger partial charge in [0.05, 0.1) is 0 Å². The molecule has 2 saturated carbocycles. The molecule has 28 heavy (non-hydrogen) atoms. The average Bonchev–Trinajstić information content (AvgIpc) is 3.59. The first-order valence-corrected chi connectivity index (χ1v) is 11.1. The highest BCUT2D eigenvalue weighted by Crippen LogP contribution is 2.35. The predicted octanol–water partition coefficient (Wildman–Crippen LogP) is 3.95. The molecular formula is C23H33N3O2. The normalized spacial score (nSPS) is 22.4. The van der Waals surface area contributed by atoms with E-state index >= 15 is 0 Å². The fourth-order valence-corrected chi connectivity index (χ4v) is 4.82. The molecule has 4 rings (SSSR count). The Morgan fingerprint density at radius 3 is 2.21 bits per heavy atom. The van der Waals surface area contributed by atoms with Gasteiger partial charge in [-0.3, -0.25) is 14.5 Å². The number of likely N-dealkylation sites (tertiary alicyclic amines) is 1. The fraction of sp³-hybridized carbons (Fsp3) is 0.652. The van der Waals surface area contributed by atoms with E-state index in [9.17, 15) is 9.59 Å². The Labute approximate surface area is 168 Å². The van der Waals surface area contributed by atoms with Crippen LogP contribution in [-0.4, -0.2) is 41.9 Å². The molecule has 1 aromatic rings. The number of hydrogen-bond donors (Lipinski definition) is 2. The Bertz CT molecular complexity index is 684. The van der Waals surface area contributed by atoms with Crippen LogP contribution < -0.4 is 10.6 Å². The first kappa shape index (κ1) is 19.4. The second-order valence-corrected chi connectivity index (χ2v) is 8.86. The van der Waals surface area contributed by atoms with Gasteiger partial charge in [0.25, 0.3) is 5.91 Å². The Kier molecular flexibility index (Phi) is 6.00. The number of carbonyl (C=O) groups excluding carboxylic acids is 2. The van der Waals surface area contributed by atoms with Gasteiger partial charge in [0.15, 0.2) is 0 Å². The molecule has 0 aromatic heterocycles. The molecule has 0 radical (unpaired) electrons. The van der Waals surface area contributed by atoms with Gasteiger partial charge >= 0.3 is 0 Å². The van der Waals surface area contributed by atoms with Gasteiger partial charge in [-0.25, -0.2) is 0 Å². The Hall–Kier alpha value is -1.88. The van der Waals surface area contributed by atoms with Gasteiger partial charge < -0.3 is 10.6 Å². The van der Waals surface area contributed by atoms with Crippen LogP contribution in [0.1, 0.15) is 74.6 Å². The minimum absolute atomic E-state index is 0.0120. The molecule has 1 aliphatic heterocycles. The molecule has 0 unspecified atom stereocenters. The lowest BCUT2D eigenvalue weighted by atomic mass is 9.79. The molecule has 3 fully saturated rings. The number of piperidine rings is 1. The molecule has 2 amide bonds. The van der Waals surface area contributed by atoms with Crippen molar-refractivity contribution in [3.8, 4) is 0 Å². The fourth-order valence-electron chi connectivity index (χ4n) is 4.82. The van der Waals surface area contributed by atoms with Gasteiger partial charge in [-0.2, -0.15) is 0 Å². The maximum Gasteiger partial charge on any atom is 0.251 e. The summed E-state index contributed by atoms with van der Waals surface area (Å²) in [4.78, 5) is 27.3. The smallest absolute Gasteiger partial charge is 0.251 e. The number of nitrogens with zero attached hydrogens (tertiary/aromatic N) is 1. The summed E-state index contributed by atoms with van der Waals surface area (Å²) in [5.74, 6) is 0.268. The van der Waals surface area contributed by atoms with Crippen molar-refractivity contribution in [2.45, 2.75) is 69.7 Å². The lowest BCUT2D eigenvalue weighted by molar-refractivity contribution is -0.117. The quantitative estimate of drug-likeness (QED) is 0.782. The minimum atomic E-state index is -0.0120.